The molecule has 0 spiro atoms. The molecule has 1 aliphatic rings. The Hall–Kier alpha value is -0.810. The van der Waals surface area contributed by atoms with E-state index in [0.29, 0.717) is 10.9 Å². The van der Waals surface area contributed by atoms with Crippen molar-refractivity contribution in [2.75, 3.05) is 20.3 Å². The zero-order valence-electron chi connectivity index (χ0n) is 10.5. The van der Waals surface area contributed by atoms with Gasteiger partial charge in [0.15, 0.2) is 0 Å². The van der Waals surface area contributed by atoms with Crippen LogP contribution in [0.2, 0.25) is 5.02 Å². The monoisotopic (exact) mass is 270 g/mol. The van der Waals surface area contributed by atoms with Crippen molar-refractivity contribution >= 4 is 11.6 Å². The molecule has 1 unspecified atom stereocenters. The SMILES string of the molecule is COc1cc(Cl)ccc1C(NN)C1CCOCC1. The van der Waals surface area contributed by atoms with Crippen LogP contribution < -0.4 is 16.0 Å². The molecule has 0 aromatic heterocycles. The van der Waals surface area contributed by atoms with Crippen LogP contribution in [0.1, 0.15) is 24.4 Å². The third-order valence-electron chi connectivity index (χ3n) is 3.45. The number of methoxy groups -OCH3 is 1. The molecular weight excluding hydrogens is 252 g/mol. The number of nitrogens with one attached hydrogen (secondary N) is 1. The molecule has 18 heavy (non-hydrogen) atoms. The van der Waals surface area contributed by atoms with E-state index in [0.717, 1.165) is 37.4 Å². The van der Waals surface area contributed by atoms with Crippen molar-refractivity contribution in [1.82, 2.24) is 5.43 Å². The maximum absolute atomic E-state index is 5.98. The summed E-state index contributed by atoms with van der Waals surface area (Å²) < 4.78 is 10.8. The lowest BCUT2D eigenvalue weighted by atomic mass is 9.87. The van der Waals surface area contributed by atoms with Gasteiger partial charge in [-0.2, -0.15) is 0 Å². The normalized spacial score (nSPS) is 18.6. The Balaban J connectivity index is 2.25. The fourth-order valence-corrected chi connectivity index (χ4v) is 2.63. The number of nitrogens with two attached hydrogens (primary N) is 1. The van der Waals surface area contributed by atoms with Crippen molar-refractivity contribution in [3.05, 3.63) is 28.8 Å². The van der Waals surface area contributed by atoms with E-state index in [1.807, 2.05) is 18.2 Å². The third kappa shape index (κ3) is 2.95. The Morgan fingerprint density at radius 2 is 2.17 bits per heavy atom. The van der Waals surface area contributed by atoms with Gasteiger partial charge in [-0.3, -0.25) is 11.3 Å². The van der Waals surface area contributed by atoms with Crippen LogP contribution in [0.15, 0.2) is 18.2 Å². The third-order valence-corrected chi connectivity index (χ3v) is 3.68. The lowest BCUT2D eigenvalue weighted by Crippen LogP contribution is -2.36. The standard InChI is InChI=1S/C13H19ClN2O2/c1-17-12-8-10(14)2-3-11(12)13(16-15)9-4-6-18-7-5-9/h2-3,8-9,13,16H,4-7,15H2,1H3. The van der Waals surface area contributed by atoms with E-state index in [4.69, 9.17) is 26.9 Å². The molecule has 0 amide bonds. The highest BCUT2D eigenvalue weighted by molar-refractivity contribution is 6.30. The summed E-state index contributed by atoms with van der Waals surface area (Å²) in [5.74, 6) is 6.95. The largest absolute Gasteiger partial charge is 0.496 e. The second-order valence-electron chi connectivity index (χ2n) is 4.48. The molecule has 0 bridgehead atoms. The lowest BCUT2D eigenvalue weighted by Gasteiger charge is -2.31. The summed E-state index contributed by atoms with van der Waals surface area (Å²) in [5, 5.41) is 0.665. The van der Waals surface area contributed by atoms with Crippen molar-refractivity contribution in [2.24, 2.45) is 11.8 Å². The highest BCUT2D eigenvalue weighted by Gasteiger charge is 2.26. The number of benzene rings is 1. The molecule has 3 N–H and O–H groups in total. The summed E-state index contributed by atoms with van der Waals surface area (Å²) in [6.45, 7) is 1.58. The minimum atomic E-state index is 0.0705. The molecule has 0 radical (unpaired) electrons. The molecule has 0 saturated carbocycles. The molecule has 0 aliphatic carbocycles. The highest BCUT2D eigenvalue weighted by Crippen LogP contribution is 2.35. The van der Waals surface area contributed by atoms with Gasteiger partial charge in [-0.25, -0.2) is 0 Å². The fraction of sp³-hybridized carbons (Fsp3) is 0.538. The first kappa shape index (κ1) is 13.6. The van der Waals surface area contributed by atoms with Crippen molar-refractivity contribution in [3.63, 3.8) is 0 Å². The van der Waals surface area contributed by atoms with Crippen LogP contribution in [0.4, 0.5) is 0 Å². The highest BCUT2D eigenvalue weighted by atomic mass is 35.5. The number of halogens is 1. The summed E-state index contributed by atoms with van der Waals surface area (Å²) in [6, 6.07) is 5.73. The molecule has 2 rings (SSSR count). The molecule has 1 atom stereocenters. The van der Waals surface area contributed by atoms with Gasteiger partial charge in [0.05, 0.1) is 13.2 Å². The van der Waals surface area contributed by atoms with Crippen LogP contribution in [-0.2, 0) is 4.74 Å². The van der Waals surface area contributed by atoms with Gasteiger partial charge in [-0.1, -0.05) is 17.7 Å². The van der Waals surface area contributed by atoms with Crippen molar-refractivity contribution in [1.29, 1.82) is 0 Å². The summed E-state index contributed by atoms with van der Waals surface area (Å²) in [6.07, 6.45) is 2.00. The van der Waals surface area contributed by atoms with Crippen LogP contribution in [-0.4, -0.2) is 20.3 Å². The van der Waals surface area contributed by atoms with E-state index < -0.39 is 0 Å². The first-order valence-electron chi connectivity index (χ1n) is 6.13. The summed E-state index contributed by atoms with van der Waals surface area (Å²) in [4.78, 5) is 0. The maximum Gasteiger partial charge on any atom is 0.125 e. The van der Waals surface area contributed by atoms with Crippen LogP contribution >= 0.6 is 11.6 Å². The van der Waals surface area contributed by atoms with Gasteiger partial charge in [0, 0.05) is 23.8 Å². The molecule has 4 nitrogen and oxygen atoms in total. The van der Waals surface area contributed by atoms with Gasteiger partial charge in [0.2, 0.25) is 0 Å². The van der Waals surface area contributed by atoms with Gasteiger partial charge in [-0.15, -0.1) is 0 Å². The zero-order valence-corrected chi connectivity index (χ0v) is 11.2. The van der Waals surface area contributed by atoms with E-state index >= 15 is 0 Å². The lowest BCUT2D eigenvalue weighted by molar-refractivity contribution is 0.0533. The maximum atomic E-state index is 5.98. The van der Waals surface area contributed by atoms with Crippen molar-refractivity contribution in [3.8, 4) is 5.75 Å². The second kappa shape index (κ2) is 6.38. The van der Waals surface area contributed by atoms with E-state index in [2.05, 4.69) is 5.43 Å². The molecular formula is C13H19ClN2O2. The van der Waals surface area contributed by atoms with Crippen LogP contribution in [0.25, 0.3) is 0 Å². The predicted molar refractivity (Wildman–Crippen MR) is 71.6 cm³/mol. The topological polar surface area (TPSA) is 56.5 Å². The Kier molecular flexibility index (Phi) is 4.83. The molecule has 5 heteroatoms. The Labute approximate surface area is 112 Å². The molecule has 1 aromatic rings. The van der Waals surface area contributed by atoms with Crippen LogP contribution in [0.3, 0.4) is 0 Å². The Morgan fingerprint density at radius 1 is 1.44 bits per heavy atom. The minimum Gasteiger partial charge on any atom is -0.496 e. The van der Waals surface area contributed by atoms with Gasteiger partial charge >= 0.3 is 0 Å². The fourth-order valence-electron chi connectivity index (χ4n) is 2.47. The van der Waals surface area contributed by atoms with Gasteiger partial charge < -0.3 is 9.47 Å². The number of rotatable bonds is 4. The molecule has 1 saturated heterocycles. The summed E-state index contributed by atoms with van der Waals surface area (Å²) in [5.41, 5.74) is 3.96. The van der Waals surface area contributed by atoms with Gasteiger partial charge in [0.1, 0.15) is 5.75 Å². The molecule has 1 heterocycles. The minimum absolute atomic E-state index is 0.0705. The molecule has 1 aliphatic heterocycles. The Morgan fingerprint density at radius 3 is 2.78 bits per heavy atom. The van der Waals surface area contributed by atoms with Gasteiger partial charge in [-0.05, 0) is 30.9 Å². The van der Waals surface area contributed by atoms with Crippen molar-refractivity contribution in [2.45, 2.75) is 18.9 Å². The van der Waals surface area contributed by atoms with E-state index in [9.17, 15) is 0 Å². The average molecular weight is 271 g/mol. The number of ether oxygens (including phenoxy) is 2. The molecule has 1 fully saturated rings. The summed E-state index contributed by atoms with van der Waals surface area (Å²) in [7, 11) is 1.65. The smallest absolute Gasteiger partial charge is 0.125 e. The number of hydrogen-bond donors (Lipinski definition) is 2. The van der Waals surface area contributed by atoms with Crippen LogP contribution in [0.5, 0.6) is 5.75 Å². The first-order valence-corrected chi connectivity index (χ1v) is 6.51. The van der Waals surface area contributed by atoms with E-state index in [1.54, 1.807) is 7.11 Å². The molecule has 1 aromatic carbocycles. The number of hydrogen-bond acceptors (Lipinski definition) is 4. The van der Waals surface area contributed by atoms with E-state index in [-0.39, 0.29) is 6.04 Å². The average Bonchev–Trinajstić information content (AvgIpc) is 2.42. The zero-order chi connectivity index (χ0) is 13.0. The van der Waals surface area contributed by atoms with Crippen LogP contribution in [0, 0.1) is 5.92 Å². The summed E-state index contributed by atoms with van der Waals surface area (Å²) >= 11 is 5.98. The van der Waals surface area contributed by atoms with Crippen molar-refractivity contribution < 1.29 is 9.47 Å². The first-order chi connectivity index (χ1) is 8.76. The number of hydrazine groups is 1. The quantitative estimate of drug-likeness (QED) is 0.651. The van der Waals surface area contributed by atoms with Gasteiger partial charge in [0.25, 0.3) is 0 Å². The van der Waals surface area contributed by atoms with E-state index in [1.165, 1.54) is 0 Å². The predicted octanol–water partition coefficient (Wildman–Crippen LogP) is 2.28. The molecule has 100 valence electrons. The second-order valence-corrected chi connectivity index (χ2v) is 4.92. The Bertz CT molecular complexity index is 395.